The fourth-order valence-corrected chi connectivity index (χ4v) is 2.85. The van der Waals surface area contributed by atoms with Crippen LogP contribution in [0.4, 0.5) is 10.1 Å². The quantitative estimate of drug-likeness (QED) is 0.899. The van der Waals surface area contributed by atoms with E-state index in [1.165, 1.54) is 32.0 Å². The van der Waals surface area contributed by atoms with Gasteiger partial charge in [-0.3, -0.25) is 0 Å². The third-order valence-electron chi connectivity index (χ3n) is 4.10. The Balaban J connectivity index is 1.90. The maximum atomic E-state index is 13.4. The molecule has 1 fully saturated rings. The Morgan fingerprint density at radius 1 is 1.42 bits per heavy atom. The van der Waals surface area contributed by atoms with Crippen LogP contribution in [-0.4, -0.2) is 30.6 Å². The lowest BCUT2D eigenvalue weighted by Gasteiger charge is -2.34. The van der Waals surface area contributed by atoms with Gasteiger partial charge in [0.25, 0.3) is 0 Å². The average Bonchev–Trinajstić information content (AvgIpc) is 2.43. The molecule has 2 nitrogen and oxygen atoms in total. The van der Waals surface area contributed by atoms with Crippen LogP contribution in [0.5, 0.6) is 0 Å². The van der Waals surface area contributed by atoms with Crippen molar-refractivity contribution in [3.8, 4) is 0 Å². The van der Waals surface area contributed by atoms with Gasteiger partial charge < -0.3 is 10.2 Å². The van der Waals surface area contributed by atoms with Crippen LogP contribution < -0.4 is 5.32 Å². The zero-order valence-corrected chi connectivity index (χ0v) is 12.4. The van der Waals surface area contributed by atoms with Crippen molar-refractivity contribution < 1.29 is 4.39 Å². The number of piperidine rings is 1. The Morgan fingerprint density at radius 2 is 2.11 bits per heavy atom. The molecular formula is C15H22ClFN2. The van der Waals surface area contributed by atoms with Crippen LogP contribution in [0.15, 0.2) is 18.2 Å². The summed E-state index contributed by atoms with van der Waals surface area (Å²) in [5.41, 5.74) is 0.812. The third-order valence-corrected chi connectivity index (χ3v) is 4.41. The molecule has 2 rings (SSSR count). The highest BCUT2D eigenvalue weighted by Crippen LogP contribution is 2.25. The number of anilines is 1. The van der Waals surface area contributed by atoms with Gasteiger partial charge in [-0.15, -0.1) is 0 Å². The van der Waals surface area contributed by atoms with Gasteiger partial charge in [0.2, 0.25) is 0 Å². The van der Waals surface area contributed by atoms with E-state index >= 15 is 0 Å². The fraction of sp³-hybridized carbons (Fsp3) is 0.600. The third kappa shape index (κ3) is 3.83. The second kappa shape index (κ2) is 6.58. The van der Waals surface area contributed by atoms with Gasteiger partial charge in [0.05, 0.1) is 5.02 Å². The molecule has 0 bridgehead atoms. The van der Waals surface area contributed by atoms with Crippen molar-refractivity contribution in [2.24, 2.45) is 5.92 Å². The van der Waals surface area contributed by atoms with Gasteiger partial charge in [-0.05, 0) is 63.5 Å². The largest absolute Gasteiger partial charge is 0.382 e. The van der Waals surface area contributed by atoms with E-state index in [4.69, 9.17) is 11.6 Å². The highest BCUT2D eigenvalue weighted by molar-refractivity contribution is 6.30. The number of likely N-dealkylation sites (tertiary alicyclic amines) is 1. The molecule has 0 aliphatic carbocycles. The lowest BCUT2D eigenvalue weighted by molar-refractivity contribution is 0.183. The first-order valence-corrected chi connectivity index (χ1v) is 7.42. The highest BCUT2D eigenvalue weighted by atomic mass is 35.5. The van der Waals surface area contributed by atoms with E-state index in [0.717, 1.165) is 12.2 Å². The molecule has 1 aromatic carbocycles. The Morgan fingerprint density at radius 3 is 2.68 bits per heavy atom. The summed E-state index contributed by atoms with van der Waals surface area (Å²) in [5.74, 6) is 0.293. The molecule has 1 aliphatic heterocycles. The first kappa shape index (κ1) is 14.6. The van der Waals surface area contributed by atoms with Gasteiger partial charge >= 0.3 is 0 Å². The Hall–Kier alpha value is -0.800. The maximum Gasteiger partial charge on any atom is 0.143 e. The molecule has 106 valence electrons. The van der Waals surface area contributed by atoms with Crippen LogP contribution in [-0.2, 0) is 0 Å². The minimum atomic E-state index is -0.361. The van der Waals surface area contributed by atoms with E-state index in [1.807, 2.05) is 6.07 Å². The lowest BCUT2D eigenvalue weighted by Crippen LogP contribution is -2.39. The average molecular weight is 285 g/mol. The SMILES string of the molecule is CCN1CCC(C(C)Nc2ccc(Cl)c(F)c2)CC1. The normalized spacial score (nSPS) is 19.4. The molecule has 0 aromatic heterocycles. The van der Waals surface area contributed by atoms with E-state index in [9.17, 15) is 4.39 Å². The Labute approximate surface area is 119 Å². The van der Waals surface area contributed by atoms with E-state index in [2.05, 4.69) is 24.1 Å². The summed E-state index contributed by atoms with van der Waals surface area (Å²) < 4.78 is 13.4. The van der Waals surface area contributed by atoms with Crippen LogP contribution in [0.2, 0.25) is 5.02 Å². The summed E-state index contributed by atoms with van der Waals surface area (Å²) in [5, 5.41) is 3.57. The van der Waals surface area contributed by atoms with Crippen LogP contribution in [0.3, 0.4) is 0 Å². The van der Waals surface area contributed by atoms with Gasteiger partial charge in [0.1, 0.15) is 5.82 Å². The molecule has 0 amide bonds. The number of halogens is 2. The van der Waals surface area contributed by atoms with Crippen molar-refractivity contribution in [2.75, 3.05) is 25.0 Å². The van der Waals surface area contributed by atoms with Gasteiger partial charge in [-0.2, -0.15) is 0 Å². The van der Waals surface area contributed by atoms with Gasteiger partial charge in [-0.25, -0.2) is 4.39 Å². The van der Waals surface area contributed by atoms with Crippen molar-refractivity contribution in [3.05, 3.63) is 29.0 Å². The standard InChI is InChI=1S/C15H22ClFN2/c1-3-19-8-6-12(7-9-19)11(2)18-13-4-5-14(16)15(17)10-13/h4-5,10-12,18H,3,6-9H2,1-2H3. The molecule has 1 heterocycles. The molecular weight excluding hydrogens is 263 g/mol. The molecule has 0 spiro atoms. The van der Waals surface area contributed by atoms with Crippen LogP contribution in [0.1, 0.15) is 26.7 Å². The summed E-state index contributed by atoms with van der Waals surface area (Å²) in [7, 11) is 0. The number of nitrogens with zero attached hydrogens (tertiary/aromatic N) is 1. The van der Waals surface area contributed by atoms with E-state index in [0.29, 0.717) is 12.0 Å². The van der Waals surface area contributed by atoms with Crippen LogP contribution >= 0.6 is 11.6 Å². The molecule has 4 heteroatoms. The topological polar surface area (TPSA) is 15.3 Å². The number of nitrogens with one attached hydrogen (secondary N) is 1. The molecule has 1 atom stereocenters. The molecule has 19 heavy (non-hydrogen) atoms. The summed E-state index contributed by atoms with van der Waals surface area (Å²) in [6.45, 7) is 7.86. The van der Waals surface area contributed by atoms with Crippen LogP contribution in [0.25, 0.3) is 0 Å². The van der Waals surface area contributed by atoms with E-state index in [-0.39, 0.29) is 10.8 Å². The minimum absolute atomic E-state index is 0.175. The van der Waals surface area contributed by atoms with Crippen molar-refractivity contribution in [3.63, 3.8) is 0 Å². The first-order chi connectivity index (χ1) is 9.10. The predicted octanol–water partition coefficient (Wildman–Crippen LogP) is 4.01. The second-order valence-corrected chi connectivity index (χ2v) is 5.74. The molecule has 1 saturated heterocycles. The molecule has 0 saturated carbocycles. The number of benzene rings is 1. The van der Waals surface area contributed by atoms with Gasteiger partial charge in [0, 0.05) is 11.7 Å². The number of rotatable bonds is 4. The predicted molar refractivity (Wildman–Crippen MR) is 79.3 cm³/mol. The van der Waals surface area contributed by atoms with E-state index < -0.39 is 0 Å². The summed E-state index contributed by atoms with van der Waals surface area (Å²) in [6, 6.07) is 5.27. The summed E-state index contributed by atoms with van der Waals surface area (Å²) >= 11 is 5.69. The first-order valence-electron chi connectivity index (χ1n) is 7.04. The van der Waals surface area contributed by atoms with Crippen molar-refractivity contribution in [1.82, 2.24) is 4.90 Å². The van der Waals surface area contributed by atoms with Crippen molar-refractivity contribution in [2.45, 2.75) is 32.7 Å². The number of hydrogen-bond acceptors (Lipinski definition) is 2. The molecule has 0 radical (unpaired) electrons. The Bertz CT molecular complexity index is 417. The lowest BCUT2D eigenvalue weighted by atomic mass is 9.90. The zero-order valence-electron chi connectivity index (χ0n) is 11.6. The molecule has 1 unspecified atom stereocenters. The van der Waals surface area contributed by atoms with Crippen LogP contribution in [0, 0.1) is 11.7 Å². The number of hydrogen-bond donors (Lipinski definition) is 1. The Kier molecular flexibility index (Phi) is 5.06. The zero-order chi connectivity index (χ0) is 13.8. The van der Waals surface area contributed by atoms with Gasteiger partial charge in [0.15, 0.2) is 0 Å². The smallest absolute Gasteiger partial charge is 0.143 e. The summed E-state index contributed by atoms with van der Waals surface area (Å²) in [6.07, 6.45) is 2.41. The monoisotopic (exact) mass is 284 g/mol. The second-order valence-electron chi connectivity index (χ2n) is 5.33. The van der Waals surface area contributed by atoms with Gasteiger partial charge in [-0.1, -0.05) is 18.5 Å². The molecule has 1 N–H and O–H groups in total. The van der Waals surface area contributed by atoms with Crippen molar-refractivity contribution in [1.29, 1.82) is 0 Å². The maximum absolute atomic E-state index is 13.4. The highest BCUT2D eigenvalue weighted by Gasteiger charge is 2.23. The fourth-order valence-electron chi connectivity index (χ4n) is 2.74. The van der Waals surface area contributed by atoms with Crippen molar-refractivity contribution >= 4 is 17.3 Å². The summed E-state index contributed by atoms with van der Waals surface area (Å²) in [4.78, 5) is 2.48. The minimum Gasteiger partial charge on any atom is -0.382 e. The molecule has 1 aliphatic rings. The van der Waals surface area contributed by atoms with E-state index in [1.54, 1.807) is 6.07 Å². The molecule has 1 aromatic rings.